The number of ether oxygens (including phenoxy) is 1. The first-order valence-corrected chi connectivity index (χ1v) is 22.3. The summed E-state index contributed by atoms with van der Waals surface area (Å²) in [5.74, 6) is 2.85. The lowest BCUT2D eigenvalue weighted by Gasteiger charge is -2.71. The lowest BCUT2D eigenvalue weighted by molar-refractivity contribution is -0.197. The fourth-order valence-electron chi connectivity index (χ4n) is 13.9. The van der Waals surface area contributed by atoms with E-state index in [0.717, 1.165) is 44.3 Å². The van der Waals surface area contributed by atoms with Gasteiger partial charge >= 0.3 is 0 Å². The summed E-state index contributed by atoms with van der Waals surface area (Å²) in [4.78, 5) is 27.3. The Hall–Kier alpha value is -1.84. The maximum Gasteiger partial charge on any atom is 0.293 e. The molecule has 1 N–H and O–H groups in total. The SMILES string of the molecule is CC(C)C1=C2C(CC1=O)[C@@H](NCCN1CCS(=O)(=O)CC1)C[C@]1(C)[C@@H]2CC[C@@H]2[C@@]3(C)CC=C(C4=CC[C@](CF)(OC=O)CC4)C(C)(C)[C@@H]3CC[C@]21C. The quantitative estimate of drug-likeness (QED) is 0.246. The number of nitrogens with one attached hydrogen (secondary N) is 1. The van der Waals surface area contributed by atoms with Gasteiger partial charge in [0.2, 0.25) is 0 Å². The Kier molecular flexibility index (Phi) is 9.92. The van der Waals surface area contributed by atoms with E-state index >= 15 is 0 Å². The van der Waals surface area contributed by atoms with Crippen LogP contribution in [0.4, 0.5) is 4.39 Å². The van der Waals surface area contributed by atoms with Crippen LogP contribution in [-0.4, -0.2) is 81.6 Å². The largest absolute Gasteiger partial charge is 0.458 e. The topological polar surface area (TPSA) is 92.8 Å². The van der Waals surface area contributed by atoms with E-state index in [4.69, 9.17) is 4.74 Å². The van der Waals surface area contributed by atoms with Crippen LogP contribution in [0.5, 0.6) is 0 Å². The van der Waals surface area contributed by atoms with Gasteiger partial charge in [0.05, 0.1) is 11.5 Å². The minimum Gasteiger partial charge on any atom is -0.458 e. The van der Waals surface area contributed by atoms with Gasteiger partial charge in [0, 0.05) is 51.0 Å². The van der Waals surface area contributed by atoms with Crippen molar-refractivity contribution in [1.29, 1.82) is 0 Å². The number of carbonyl (C=O) groups is 2. The summed E-state index contributed by atoms with van der Waals surface area (Å²) in [5, 5.41) is 4.01. The van der Waals surface area contributed by atoms with E-state index in [-0.39, 0.29) is 51.0 Å². The standard InChI is InChI=1S/C43H65FN2O5S/c1-28(2)37-34(48)24-30-33(45-18-19-46-20-22-52(49,50)23-21-46)25-42(7)32(38(30)37)8-9-36-40(5)14-12-31(39(3,4)35(40)13-15-41(36,42)6)29-10-16-43(26-44,17-11-29)51-27-47/h10,12,27-28,30,32-33,35-36,45H,8-9,11,13-26H2,1-7H3/t30?,32-,33+,35+,36-,40+,41-,42-,43+/m1/s1. The first-order chi connectivity index (χ1) is 24.5. The zero-order chi connectivity index (χ0) is 37.5. The maximum atomic E-state index is 14.0. The number of fused-ring (bicyclic) bond motifs is 7. The van der Waals surface area contributed by atoms with Gasteiger partial charge in [-0.2, -0.15) is 0 Å². The predicted molar refractivity (Wildman–Crippen MR) is 204 cm³/mol. The highest BCUT2D eigenvalue weighted by Crippen LogP contribution is 2.75. The minimum atomic E-state index is -2.91. The molecule has 1 saturated heterocycles. The Labute approximate surface area is 312 Å². The van der Waals surface area contributed by atoms with Crippen molar-refractivity contribution in [2.75, 3.05) is 44.4 Å². The number of hydrogen-bond donors (Lipinski definition) is 1. The second-order valence-electron chi connectivity index (χ2n) is 19.6. The van der Waals surface area contributed by atoms with Gasteiger partial charge in [-0.05, 0) is 113 Å². The smallest absolute Gasteiger partial charge is 0.293 e. The van der Waals surface area contributed by atoms with Crippen molar-refractivity contribution in [3.63, 3.8) is 0 Å². The van der Waals surface area contributed by atoms with Gasteiger partial charge in [0.1, 0.15) is 12.3 Å². The molecule has 1 aliphatic heterocycles. The van der Waals surface area contributed by atoms with E-state index < -0.39 is 22.1 Å². The lowest BCUT2D eigenvalue weighted by atomic mass is 9.33. The van der Waals surface area contributed by atoms with Crippen LogP contribution in [0, 0.1) is 51.2 Å². The molecule has 3 saturated carbocycles. The molecule has 7 rings (SSSR count). The predicted octanol–water partition coefficient (Wildman–Crippen LogP) is 7.42. The molecule has 1 unspecified atom stereocenters. The highest BCUT2D eigenvalue weighted by molar-refractivity contribution is 7.91. The summed E-state index contributed by atoms with van der Waals surface area (Å²) >= 11 is 0. The van der Waals surface area contributed by atoms with Crippen LogP contribution in [0.2, 0.25) is 0 Å². The van der Waals surface area contributed by atoms with Crippen molar-refractivity contribution < 1.29 is 27.1 Å². The molecule has 6 aliphatic carbocycles. The number of hydrogen-bond acceptors (Lipinski definition) is 7. The molecule has 290 valence electrons. The summed E-state index contributed by atoms with van der Waals surface area (Å²) < 4.78 is 43.4. The van der Waals surface area contributed by atoms with Crippen molar-refractivity contribution in [2.45, 2.75) is 124 Å². The summed E-state index contributed by atoms with van der Waals surface area (Å²) in [5.41, 5.74) is 4.60. The van der Waals surface area contributed by atoms with Crippen molar-refractivity contribution in [3.8, 4) is 0 Å². The van der Waals surface area contributed by atoms with Crippen LogP contribution >= 0.6 is 0 Å². The monoisotopic (exact) mass is 740 g/mol. The number of carbonyl (C=O) groups excluding carboxylic acids is 2. The zero-order valence-electron chi connectivity index (χ0n) is 33.0. The fourth-order valence-corrected chi connectivity index (χ4v) is 15.2. The van der Waals surface area contributed by atoms with Crippen LogP contribution in [0.25, 0.3) is 0 Å². The van der Waals surface area contributed by atoms with Gasteiger partial charge in [-0.1, -0.05) is 66.2 Å². The molecule has 7 nitrogen and oxygen atoms in total. The van der Waals surface area contributed by atoms with Gasteiger partial charge in [-0.15, -0.1) is 0 Å². The van der Waals surface area contributed by atoms with Crippen molar-refractivity contribution in [3.05, 3.63) is 34.4 Å². The number of allylic oxidation sites excluding steroid dienone is 4. The number of sulfone groups is 1. The van der Waals surface area contributed by atoms with Crippen molar-refractivity contribution in [2.24, 2.45) is 51.2 Å². The average Bonchev–Trinajstić information content (AvgIpc) is 3.43. The minimum absolute atomic E-state index is 0.0279. The molecule has 9 heteroatoms. The van der Waals surface area contributed by atoms with Gasteiger partial charge in [-0.3, -0.25) is 9.59 Å². The molecule has 0 bridgehead atoms. The highest BCUT2D eigenvalue weighted by atomic mass is 32.2. The van der Waals surface area contributed by atoms with E-state index in [9.17, 15) is 22.4 Å². The van der Waals surface area contributed by atoms with E-state index in [1.807, 2.05) is 0 Å². The fraction of sp³-hybridized carbons (Fsp3) is 0.814. The Bertz CT molecular complexity index is 1650. The zero-order valence-corrected chi connectivity index (χ0v) is 33.8. The number of Topliss-reactive ketones (excluding diaryl/α,β-unsaturated/α-hetero) is 1. The van der Waals surface area contributed by atoms with Crippen molar-refractivity contribution in [1.82, 2.24) is 10.2 Å². The third-order valence-corrected chi connectivity index (χ3v) is 18.3. The maximum absolute atomic E-state index is 14.0. The number of alkyl halides is 1. The molecule has 0 spiro atoms. The Morgan fingerprint density at radius 2 is 1.73 bits per heavy atom. The summed E-state index contributed by atoms with van der Waals surface area (Å²) in [7, 11) is -2.91. The molecule has 0 amide bonds. The van der Waals surface area contributed by atoms with E-state index in [1.165, 1.54) is 36.0 Å². The third-order valence-electron chi connectivity index (χ3n) is 16.7. The lowest BCUT2D eigenvalue weighted by Crippen LogP contribution is -2.65. The molecule has 0 aromatic heterocycles. The number of rotatable bonds is 9. The summed E-state index contributed by atoms with van der Waals surface area (Å²) in [6.07, 6.45) is 13.8. The van der Waals surface area contributed by atoms with E-state index in [0.29, 0.717) is 62.4 Å². The van der Waals surface area contributed by atoms with Gasteiger partial charge < -0.3 is 15.0 Å². The molecular weight excluding hydrogens is 676 g/mol. The van der Waals surface area contributed by atoms with Crippen LogP contribution in [0.3, 0.4) is 0 Å². The van der Waals surface area contributed by atoms with Crippen LogP contribution < -0.4 is 5.32 Å². The molecule has 7 aliphatic rings. The van der Waals surface area contributed by atoms with E-state index in [1.54, 1.807) is 0 Å². The molecule has 0 aromatic carbocycles. The summed E-state index contributed by atoms with van der Waals surface area (Å²) in [6, 6.07) is 0.234. The van der Waals surface area contributed by atoms with Crippen LogP contribution in [0.1, 0.15) is 113 Å². The average molecular weight is 741 g/mol. The van der Waals surface area contributed by atoms with Crippen LogP contribution in [-0.2, 0) is 24.2 Å². The van der Waals surface area contributed by atoms with Crippen molar-refractivity contribution >= 4 is 22.1 Å². The van der Waals surface area contributed by atoms with Gasteiger partial charge in [-0.25, -0.2) is 12.8 Å². The number of nitrogens with zero attached hydrogens (tertiary/aromatic N) is 1. The first-order valence-electron chi connectivity index (χ1n) is 20.5. The van der Waals surface area contributed by atoms with E-state index in [2.05, 4.69) is 70.8 Å². The number of halogens is 1. The molecule has 52 heavy (non-hydrogen) atoms. The highest BCUT2D eigenvalue weighted by Gasteiger charge is 2.69. The van der Waals surface area contributed by atoms with Gasteiger partial charge in [0.15, 0.2) is 15.6 Å². The third kappa shape index (κ3) is 5.95. The molecule has 0 aromatic rings. The number of ketones is 1. The molecular formula is C43H65FN2O5S. The van der Waals surface area contributed by atoms with Crippen LogP contribution in [0.15, 0.2) is 34.4 Å². The first kappa shape index (κ1) is 38.4. The normalized spacial score (nSPS) is 42.8. The molecule has 9 atom stereocenters. The molecule has 4 fully saturated rings. The Balaban J connectivity index is 1.18. The summed E-state index contributed by atoms with van der Waals surface area (Å²) in [6.45, 7) is 19.8. The van der Waals surface area contributed by atoms with Gasteiger partial charge in [0.25, 0.3) is 6.47 Å². The second kappa shape index (κ2) is 13.4. The Morgan fingerprint density at radius 1 is 1.00 bits per heavy atom. The molecule has 0 radical (unpaired) electrons. The second-order valence-corrected chi connectivity index (χ2v) is 21.9. The Morgan fingerprint density at radius 3 is 2.37 bits per heavy atom. The molecule has 1 heterocycles.